The van der Waals surface area contributed by atoms with Crippen molar-refractivity contribution in [3.05, 3.63) is 190 Å². The molecule has 0 aromatic heterocycles. The van der Waals surface area contributed by atoms with Crippen molar-refractivity contribution >= 4 is 0 Å². The monoisotopic (exact) mass is 636 g/mol. The molecule has 0 fully saturated rings. The highest BCUT2D eigenvalue weighted by atomic mass is 16.3. The van der Waals surface area contributed by atoms with E-state index in [1.54, 1.807) is 24.3 Å². The van der Waals surface area contributed by atoms with E-state index in [1.165, 1.54) is 0 Å². The van der Waals surface area contributed by atoms with Gasteiger partial charge in [0, 0.05) is 45.9 Å². The number of phenols is 4. The molecule has 0 aliphatic rings. The summed E-state index contributed by atoms with van der Waals surface area (Å²) >= 11 is 0. The van der Waals surface area contributed by atoms with Crippen molar-refractivity contribution in [1.29, 1.82) is 0 Å². The lowest BCUT2D eigenvalue weighted by atomic mass is 9.82. The van der Waals surface area contributed by atoms with Crippen molar-refractivity contribution in [2.24, 2.45) is 0 Å². The first-order chi connectivity index (χ1) is 23.2. The first-order valence-corrected chi connectivity index (χ1v) is 16.5. The van der Waals surface area contributed by atoms with Gasteiger partial charge in [0.15, 0.2) is 0 Å². The Balaban J connectivity index is 0.000000188. The summed E-state index contributed by atoms with van der Waals surface area (Å²) in [6.45, 7) is 8.18. The molecule has 4 nitrogen and oxygen atoms in total. The van der Waals surface area contributed by atoms with E-state index in [0.29, 0.717) is 0 Å². The van der Waals surface area contributed by atoms with E-state index >= 15 is 0 Å². The van der Waals surface area contributed by atoms with E-state index < -0.39 is 0 Å². The minimum atomic E-state index is -0.0144. The van der Waals surface area contributed by atoms with E-state index in [-0.39, 0.29) is 46.7 Å². The van der Waals surface area contributed by atoms with Crippen molar-refractivity contribution in [3.63, 3.8) is 0 Å². The minimum absolute atomic E-state index is 0.0122. The van der Waals surface area contributed by atoms with Gasteiger partial charge in [0.25, 0.3) is 0 Å². The summed E-state index contributed by atoms with van der Waals surface area (Å²) < 4.78 is 0. The van der Waals surface area contributed by atoms with Crippen LogP contribution in [-0.4, -0.2) is 20.4 Å². The molecule has 0 bridgehead atoms. The Hall–Kier alpha value is -5.48. The number of aromatic hydroxyl groups is 4. The van der Waals surface area contributed by atoms with Gasteiger partial charge in [0.1, 0.15) is 23.0 Å². The highest BCUT2D eigenvalue weighted by molar-refractivity contribution is 5.56. The van der Waals surface area contributed by atoms with Gasteiger partial charge in [0.05, 0.1) is 0 Å². The Kier molecular flexibility index (Phi) is 10.9. The zero-order valence-corrected chi connectivity index (χ0v) is 28.0. The molecule has 4 atom stereocenters. The van der Waals surface area contributed by atoms with Gasteiger partial charge in [-0.1, -0.05) is 149 Å². The van der Waals surface area contributed by atoms with Crippen LogP contribution >= 0.6 is 0 Å². The molecular formula is C44H44O4. The van der Waals surface area contributed by atoms with Crippen LogP contribution in [0.3, 0.4) is 0 Å². The molecule has 4 heteroatoms. The molecule has 4 N–H and O–H groups in total. The summed E-state index contributed by atoms with van der Waals surface area (Å²) in [5.74, 6) is 0.892. The number of hydrogen-bond donors (Lipinski definition) is 4. The van der Waals surface area contributed by atoms with E-state index in [2.05, 4.69) is 13.8 Å². The summed E-state index contributed by atoms with van der Waals surface area (Å²) in [5.41, 5.74) is 7.49. The SMILES string of the molecule is CC(c1ccccc1)c1c(O)ccc(O)c1C(C)c1ccccc1.CC(c1ccccc1)c1cc(O)c(C(C)c2ccccc2)cc1O. The van der Waals surface area contributed by atoms with Crippen LogP contribution in [0.25, 0.3) is 0 Å². The third kappa shape index (κ3) is 7.56. The molecule has 0 amide bonds. The molecule has 6 aromatic rings. The molecule has 48 heavy (non-hydrogen) atoms. The minimum Gasteiger partial charge on any atom is -0.508 e. The molecule has 6 aromatic carbocycles. The van der Waals surface area contributed by atoms with Crippen molar-refractivity contribution in [2.45, 2.75) is 51.4 Å². The molecule has 0 saturated carbocycles. The maximum Gasteiger partial charge on any atom is 0.119 e. The van der Waals surface area contributed by atoms with Gasteiger partial charge >= 0.3 is 0 Å². The van der Waals surface area contributed by atoms with Crippen molar-refractivity contribution < 1.29 is 20.4 Å². The number of rotatable bonds is 8. The fourth-order valence-corrected chi connectivity index (χ4v) is 6.49. The average Bonchev–Trinajstić information content (AvgIpc) is 3.13. The van der Waals surface area contributed by atoms with Crippen LogP contribution < -0.4 is 0 Å². The molecule has 0 radical (unpaired) electrons. The highest BCUT2D eigenvalue weighted by Crippen LogP contribution is 2.44. The largest absolute Gasteiger partial charge is 0.508 e. The summed E-state index contributed by atoms with van der Waals surface area (Å²) in [6.07, 6.45) is 0. The maximum atomic E-state index is 10.5. The highest BCUT2D eigenvalue weighted by Gasteiger charge is 2.24. The fourth-order valence-electron chi connectivity index (χ4n) is 6.49. The van der Waals surface area contributed by atoms with Crippen LogP contribution in [0.15, 0.2) is 146 Å². The lowest BCUT2D eigenvalue weighted by Crippen LogP contribution is -2.06. The third-order valence-corrected chi connectivity index (χ3v) is 9.41. The van der Waals surface area contributed by atoms with Crippen LogP contribution in [0, 0.1) is 0 Å². The van der Waals surface area contributed by atoms with Crippen molar-refractivity contribution in [2.75, 3.05) is 0 Å². The van der Waals surface area contributed by atoms with Gasteiger partial charge < -0.3 is 20.4 Å². The lowest BCUT2D eigenvalue weighted by Gasteiger charge is -2.23. The van der Waals surface area contributed by atoms with E-state index in [1.807, 2.05) is 135 Å². The van der Waals surface area contributed by atoms with Crippen LogP contribution in [0.2, 0.25) is 0 Å². The smallest absolute Gasteiger partial charge is 0.119 e. The van der Waals surface area contributed by atoms with E-state index in [4.69, 9.17) is 0 Å². The normalized spacial score (nSPS) is 13.4. The fraction of sp³-hybridized carbons (Fsp3) is 0.182. The quantitative estimate of drug-likeness (QED) is 0.125. The number of hydrogen-bond acceptors (Lipinski definition) is 4. The van der Waals surface area contributed by atoms with Crippen LogP contribution in [0.1, 0.15) is 95.9 Å². The van der Waals surface area contributed by atoms with Crippen molar-refractivity contribution in [1.82, 2.24) is 0 Å². The molecule has 0 saturated heterocycles. The number of phenolic OH excluding ortho intramolecular Hbond substituents is 4. The molecule has 0 heterocycles. The topological polar surface area (TPSA) is 80.9 Å². The Labute approximate surface area is 284 Å². The standard InChI is InChI=1S/2C22H22O2/c1-15(17-9-5-3-6-10-17)19-13-22(24)20(14-21(19)23)16(2)18-11-7-4-8-12-18;1-15(17-9-5-3-6-10-17)21-19(23)13-14-20(24)22(21)16(2)18-11-7-4-8-12-18/h2*3-16,23-24H,1-2H3. The van der Waals surface area contributed by atoms with Gasteiger partial charge in [-0.15, -0.1) is 0 Å². The summed E-state index contributed by atoms with van der Waals surface area (Å²) in [5, 5.41) is 42.1. The van der Waals surface area contributed by atoms with Gasteiger partial charge in [-0.25, -0.2) is 0 Å². The second-order valence-electron chi connectivity index (χ2n) is 12.4. The molecule has 244 valence electrons. The summed E-state index contributed by atoms with van der Waals surface area (Å²) in [6, 6.07) is 46.6. The maximum absolute atomic E-state index is 10.5. The second-order valence-corrected chi connectivity index (χ2v) is 12.4. The predicted molar refractivity (Wildman–Crippen MR) is 195 cm³/mol. The summed E-state index contributed by atoms with van der Waals surface area (Å²) in [7, 11) is 0. The van der Waals surface area contributed by atoms with Crippen molar-refractivity contribution in [3.8, 4) is 23.0 Å². The molecule has 4 unspecified atom stereocenters. The van der Waals surface area contributed by atoms with E-state index in [0.717, 1.165) is 44.5 Å². The molecular weight excluding hydrogens is 592 g/mol. The second kappa shape index (κ2) is 15.4. The van der Waals surface area contributed by atoms with Gasteiger partial charge in [-0.3, -0.25) is 0 Å². The van der Waals surface area contributed by atoms with Crippen LogP contribution in [-0.2, 0) is 0 Å². The lowest BCUT2D eigenvalue weighted by molar-refractivity contribution is 0.444. The third-order valence-electron chi connectivity index (χ3n) is 9.41. The van der Waals surface area contributed by atoms with Crippen LogP contribution in [0.5, 0.6) is 23.0 Å². The molecule has 0 aliphatic carbocycles. The Morgan fingerprint density at radius 1 is 0.312 bits per heavy atom. The summed E-state index contributed by atoms with van der Waals surface area (Å²) in [4.78, 5) is 0. The zero-order chi connectivity index (χ0) is 34.2. The van der Waals surface area contributed by atoms with Crippen LogP contribution in [0.4, 0.5) is 0 Å². The number of benzene rings is 6. The first kappa shape index (κ1) is 33.9. The Morgan fingerprint density at radius 2 is 0.562 bits per heavy atom. The first-order valence-electron chi connectivity index (χ1n) is 16.5. The average molecular weight is 637 g/mol. The molecule has 6 rings (SSSR count). The zero-order valence-electron chi connectivity index (χ0n) is 28.0. The van der Waals surface area contributed by atoms with Gasteiger partial charge in [0.2, 0.25) is 0 Å². The predicted octanol–water partition coefficient (Wildman–Crippen LogP) is 10.8. The van der Waals surface area contributed by atoms with E-state index in [9.17, 15) is 20.4 Å². The molecule has 0 aliphatic heterocycles. The molecule has 0 spiro atoms. The van der Waals surface area contributed by atoms with Gasteiger partial charge in [-0.2, -0.15) is 0 Å². The van der Waals surface area contributed by atoms with Gasteiger partial charge in [-0.05, 0) is 46.5 Å². The Bertz CT molecular complexity index is 1760. The Morgan fingerprint density at radius 3 is 0.833 bits per heavy atom.